The Balaban J connectivity index is 1.46. The first-order valence-corrected chi connectivity index (χ1v) is 9.82. The van der Waals surface area contributed by atoms with Crippen LogP contribution in [-0.2, 0) is 21.8 Å². The lowest BCUT2D eigenvalue weighted by molar-refractivity contribution is -0.189. The molecular formula is C19H20N4O3S. The summed E-state index contributed by atoms with van der Waals surface area (Å²) in [5.41, 5.74) is 0.967. The second kappa shape index (κ2) is 8.08. The summed E-state index contributed by atoms with van der Waals surface area (Å²) in [6, 6.07) is 9.95. The Kier molecular flexibility index (Phi) is 5.38. The SMILES string of the molecule is CSc1ncc(OCC2COC(Cn3ccnc3)(c3ccccc3)O2)cn1. The van der Waals surface area contributed by atoms with Crippen molar-refractivity contribution in [1.29, 1.82) is 0 Å². The van der Waals surface area contributed by atoms with Crippen LogP contribution in [0.4, 0.5) is 0 Å². The summed E-state index contributed by atoms with van der Waals surface area (Å²) in [5.74, 6) is -0.252. The fourth-order valence-corrected chi connectivity index (χ4v) is 3.27. The molecule has 2 unspecified atom stereocenters. The third-order valence-electron chi connectivity index (χ3n) is 4.25. The first-order valence-electron chi connectivity index (χ1n) is 8.59. The average molecular weight is 384 g/mol. The molecule has 3 heterocycles. The Hall–Kier alpha value is -2.42. The van der Waals surface area contributed by atoms with Gasteiger partial charge in [-0.1, -0.05) is 42.1 Å². The molecule has 1 aliphatic heterocycles. The van der Waals surface area contributed by atoms with Crippen molar-refractivity contribution in [2.75, 3.05) is 19.5 Å². The van der Waals surface area contributed by atoms with E-state index >= 15 is 0 Å². The van der Waals surface area contributed by atoms with Gasteiger partial charge in [0.05, 0.1) is 31.9 Å². The average Bonchev–Trinajstić information content (AvgIpc) is 3.38. The zero-order valence-corrected chi connectivity index (χ0v) is 15.7. The monoisotopic (exact) mass is 384 g/mol. The molecule has 1 aromatic carbocycles. The van der Waals surface area contributed by atoms with Crippen molar-refractivity contribution in [3.63, 3.8) is 0 Å². The molecule has 1 aliphatic rings. The summed E-state index contributed by atoms with van der Waals surface area (Å²) in [4.78, 5) is 12.5. The Morgan fingerprint density at radius 1 is 1.26 bits per heavy atom. The standard InChI is InChI=1S/C19H20N4O3S/c1-27-18-21-9-16(10-22-18)24-11-17-12-25-19(26-17,13-23-8-7-20-14-23)15-5-3-2-4-6-15/h2-10,14,17H,11-13H2,1H3. The molecule has 4 rings (SSSR count). The van der Waals surface area contributed by atoms with Crippen LogP contribution in [0.1, 0.15) is 5.56 Å². The van der Waals surface area contributed by atoms with E-state index in [1.54, 1.807) is 24.9 Å². The number of hydrogen-bond acceptors (Lipinski definition) is 7. The van der Waals surface area contributed by atoms with Crippen molar-refractivity contribution in [3.8, 4) is 5.75 Å². The Morgan fingerprint density at radius 3 is 2.78 bits per heavy atom. The van der Waals surface area contributed by atoms with Crippen LogP contribution in [0.15, 0.2) is 66.6 Å². The van der Waals surface area contributed by atoms with Crippen molar-refractivity contribution < 1.29 is 14.2 Å². The van der Waals surface area contributed by atoms with Gasteiger partial charge >= 0.3 is 0 Å². The Bertz CT molecular complexity index is 845. The van der Waals surface area contributed by atoms with E-state index in [4.69, 9.17) is 14.2 Å². The third kappa shape index (κ3) is 4.13. The minimum Gasteiger partial charge on any atom is -0.488 e. The van der Waals surface area contributed by atoms with Crippen molar-refractivity contribution in [2.24, 2.45) is 0 Å². The molecule has 0 N–H and O–H groups in total. The highest BCUT2D eigenvalue weighted by Crippen LogP contribution is 2.36. The highest BCUT2D eigenvalue weighted by atomic mass is 32.2. The maximum Gasteiger partial charge on any atom is 0.214 e. The van der Waals surface area contributed by atoms with Gasteiger partial charge in [0.25, 0.3) is 0 Å². The van der Waals surface area contributed by atoms with Crippen molar-refractivity contribution >= 4 is 11.8 Å². The fourth-order valence-electron chi connectivity index (χ4n) is 2.96. The molecule has 1 saturated heterocycles. The van der Waals surface area contributed by atoms with Crippen LogP contribution in [0, 0.1) is 0 Å². The van der Waals surface area contributed by atoms with Crippen molar-refractivity contribution in [2.45, 2.75) is 23.6 Å². The highest BCUT2D eigenvalue weighted by molar-refractivity contribution is 7.98. The molecule has 0 saturated carbocycles. The second-order valence-corrected chi connectivity index (χ2v) is 6.89. The number of thioether (sulfide) groups is 1. The minimum atomic E-state index is -0.866. The highest BCUT2D eigenvalue weighted by Gasteiger charge is 2.43. The molecule has 0 aliphatic carbocycles. The summed E-state index contributed by atoms with van der Waals surface area (Å²) in [5, 5.41) is 0.714. The molecule has 0 bridgehead atoms. The van der Waals surface area contributed by atoms with Crippen LogP contribution >= 0.6 is 11.8 Å². The van der Waals surface area contributed by atoms with E-state index < -0.39 is 5.79 Å². The quantitative estimate of drug-likeness (QED) is 0.458. The van der Waals surface area contributed by atoms with Gasteiger partial charge in [-0.05, 0) is 6.26 Å². The van der Waals surface area contributed by atoms with Gasteiger partial charge in [-0.2, -0.15) is 0 Å². The van der Waals surface area contributed by atoms with Gasteiger partial charge in [-0.15, -0.1) is 0 Å². The van der Waals surface area contributed by atoms with E-state index in [1.165, 1.54) is 11.8 Å². The Morgan fingerprint density at radius 2 is 2.07 bits per heavy atom. The predicted octanol–water partition coefficient (Wildman–Crippen LogP) is 2.74. The van der Waals surface area contributed by atoms with Gasteiger partial charge in [0.2, 0.25) is 5.79 Å². The third-order valence-corrected chi connectivity index (χ3v) is 4.82. The van der Waals surface area contributed by atoms with Crippen LogP contribution in [0.3, 0.4) is 0 Å². The van der Waals surface area contributed by atoms with E-state index in [0.29, 0.717) is 30.7 Å². The molecule has 0 radical (unpaired) electrons. The van der Waals surface area contributed by atoms with E-state index in [0.717, 1.165) is 5.56 Å². The van der Waals surface area contributed by atoms with E-state index in [1.807, 2.05) is 47.4 Å². The van der Waals surface area contributed by atoms with Crippen LogP contribution in [0.5, 0.6) is 5.75 Å². The van der Waals surface area contributed by atoms with Gasteiger partial charge in [0.15, 0.2) is 10.9 Å². The first kappa shape index (κ1) is 18.0. The number of aromatic nitrogens is 4. The first-order chi connectivity index (χ1) is 13.3. The summed E-state index contributed by atoms with van der Waals surface area (Å²) in [6.07, 6.45) is 10.5. The van der Waals surface area contributed by atoms with Gasteiger partial charge in [-0.25, -0.2) is 15.0 Å². The zero-order chi connectivity index (χ0) is 18.5. The summed E-state index contributed by atoms with van der Waals surface area (Å²) in [7, 11) is 0. The fraction of sp³-hybridized carbons (Fsp3) is 0.316. The van der Waals surface area contributed by atoms with Gasteiger partial charge in [0, 0.05) is 18.0 Å². The van der Waals surface area contributed by atoms with Gasteiger partial charge < -0.3 is 18.8 Å². The molecule has 140 valence electrons. The molecule has 27 heavy (non-hydrogen) atoms. The van der Waals surface area contributed by atoms with Crippen LogP contribution in [-0.4, -0.2) is 45.1 Å². The van der Waals surface area contributed by atoms with Gasteiger partial charge in [0.1, 0.15) is 12.7 Å². The molecule has 2 aromatic heterocycles. The number of benzene rings is 1. The predicted molar refractivity (Wildman–Crippen MR) is 100 cm³/mol. The second-order valence-electron chi connectivity index (χ2n) is 6.12. The summed E-state index contributed by atoms with van der Waals surface area (Å²) < 4.78 is 20.2. The molecule has 8 heteroatoms. The minimum absolute atomic E-state index is 0.200. The summed E-state index contributed by atoms with van der Waals surface area (Å²) in [6.45, 7) is 1.31. The largest absolute Gasteiger partial charge is 0.488 e. The molecule has 0 spiro atoms. The molecule has 3 aromatic rings. The van der Waals surface area contributed by atoms with Crippen LogP contribution in [0.2, 0.25) is 0 Å². The number of hydrogen-bond donors (Lipinski definition) is 0. The normalized spacial score (nSPS) is 22.0. The molecule has 7 nitrogen and oxygen atoms in total. The number of ether oxygens (including phenoxy) is 3. The number of imidazole rings is 1. The maximum absolute atomic E-state index is 6.33. The van der Waals surface area contributed by atoms with Crippen LogP contribution in [0.25, 0.3) is 0 Å². The molecule has 0 amide bonds. The lowest BCUT2D eigenvalue weighted by Crippen LogP contribution is -2.34. The van der Waals surface area contributed by atoms with Crippen LogP contribution < -0.4 is 4.74 Å². The Labute approximate surface area is 161 Å². The molecular weight excluding hydrogens is 364 g/mol. The summed E-state index contributed by atoms with van der Waals surface area (Å²) >= 11 is 1.49. The number of rotatable bonds is 7. The topological polar surface area (TPSA) is 71.3 Å². The lowest BCUT2D eigenvalue weighted by atomic mass is 10.1. The molecule has 1 fully saturated rings. The van der Waals surface area contributed by atoms with Crippen molar-refractivity contribution in [3.05, 3.63) is 67.0 Å². The number of nitrogens with zero attached hydrogens (tertiary/aromatic N) is 4. The molecule has 2 atom stereocenters. The van der Waals surface area contributed by atoms with Gasteiger partial charge in [-0.3, -0.25) is 0 Å². The lowest BCUT2D eigenvalue weighted by Gasteiger charge is -2.29. The van der Waals surface area contributed by atoms with Crippen molar-refractivity contribution in [1.82, 2.24) is 19.5 Å². The van der Waals surface area contributed by atoms with E-state index in [9.17, 15) is 0 Å². The smallest absolute Gasteiger partial charge is 0.214 e. The maximum atomic E-state index is 6.33. The zero-order valence-electron chi connectivity index (χ0n) is 14.9. The van der Waals surface area contributed by atoms with E-state index in [-0.39, 0.29) is 6.10 Å². The van der Waals surface area contributed by atoms with E-state index in [2.05, 4.69) is 15.0 Å².